The number of nitrogens with zero attached hydrogens (tertiary/aromatic N) is 2. The van der Waals surface area contributed by atoms with Crippen LogP contribution in [0.15, 0.2) is 34.9 Å². The zero-order valence-electron chi connectivity index (χ0n) is 13.6. The topological polar surface area (TPSA) is 38.6 Å². The van der Waals surface area contributed by atoms with Crippen LogP contribution >= 0.6 is 39.1 Å². The van der Waals surface area contributed by atoms with Gasteiger partial charge in [0.15, 0.2) is 0 Å². The normalized spacial score (nSPS) is 17.8. The molecule has 1 N–H and O–H groups in total. The average Bonchev–Trinajstić information content (AvgIpc) is 2.96. The van der Waals surface area contributed by atoms with E-state index in [1.54, 1.807) is 18.2 Å². The molecule has 1 fully saturated rings. The number of ether oxygens (including phenoxy) is 1. The molecule has 0 aliphatic carbocycles. The Balaban J connectivity index is 1.87. The van der Waals surface area contributed by atoms with Crippen LogP contribution in [0.4, 0.5) is 4.39 Å². The van der Waals surface area contributed by atoms with E-state index in [9.17, 15) is 4.39 Å². The van der Waals surface area contributed by atoms with Gasteiger partial charge in [-0.2, -0.15) is 0 Å². The molecule has 136 valence electrons. The van der Waals surface area contributed by atoms with Crippen LogP contribution in [0.25, 0.3) is 16.9 Å². The summed E-state index contributed by atoms with van der Waals surface area (Å²) in [5, 5.41) is 4.34. The number of nitrogens with one attached hydrogen (secondary N) is 1. The third-order valence-electron chi connectivity index (χ3n) is 4.38. The predicted molar refractivity (Wildman–Crippen MR) is 105 cm³/mol. The van der Waals surface area contributed by atoms with Gasteiger partial charge >= 0.3 is 0 Å². The first-order valence-electron chi connectivity index (χ1n) is 8.16. The molecule has 4 nitrogen and oxygen atoms in total. The Morgan fingerprint density at radius 1 is 1.35 bits per heavy atom. The summed E-state index contributed by atoms with van der Waals surface area (Å²) in [4.78, 5) is 4.68. The molecule has 1 atom stereocenters. The largest absolute Gasteiger partial charge is 0.375 e. The fourth-order valence-corrected chi connectivity index (χ4v) is 4.03. The van der Waals surface area contributed by atoms with Crippen LogP contribution in [0, 0.1) is 5.82 Å². The van der Waals surface area contributed by atoms with E-state index < -0.39 is 0 Å². The van der Waals surface area contributed by atoms with E-state index in [2.05, 4.69) is 26.2 Å². The van der Waals surface area contributed by atoms with Crippen molar-refractivity contribution in [1.29, 1.82) is 0 Å². The zero-order chi connectivity index (χ0) is 18.3. The number of morpholine rings is 1. The third-order valence-corrected chi connectivity index (χ3v) is 5.53. The van der Waals surface area contributed by atoms with Crippen molar-refractivity contribution in [2.24, 2.45) is 0 Å². The number of aromatic nitrogens is 2. The van der Waals surface area contributed by atoms with Crippen molar-refractivity contribution in [3.63, 3.8) is 0 Å². The lowest BCUT2D eigenvalue weighted by atomic mass is 10.1. The molecule has 1 aliphatic rings. The first-order valence-corrected chi connectivity index (χ1v) is 9.71. The number of pyridine rings is 1. The van der Waals surface area contributed by atoms with Crippen molar-refractivity contribution in [2.75, 3.05) is 19.7 Å². The van der Waals surface area contributed by atoms with Gasteiger partial charge in [-0.15, -0.1) is 0 Å². The van der Waals surface area contributed by atoms with E-state index in [1.807, 2.05) is 10.6 Å². The lowest BCUT2D eigenvalue weighted by Crippen LogP contribution is -2.39. The highest BCUT2D eigenvalue weighted by atomic mass is 79.9. The maximum Gasteiger partial charge on any atom is 0.139 e. The summed E-state index contributed by atoms with van der Waals surface area (Å²) in [6.45, 7) is 2.26. The van der Waals surface area contributed by atoms with Crippen LogP contribution in [0.2, 0.25) is 10.0 Å². The van der Waals surface area contributed by atoms with Gasteiger partial charge in [0, 0.05) is 42.4 Å². The quantitative estimate of drug-likeness (QED) is 0.576. The fraction of sp³-hybridized carbons (Fsp3) is 0.278. The summed E-state index contributed by atoms with van der Waals surface area (Å²) in [5.41, 5.74) is 2.78. The minimum atomic E-state index is -0.388. The van der Waals surface area contributed by atoms with Gasteiger partial charge in [0.1, 0.15) is 11.5 Å². The number of benzene rings is 1. The summed E-state index contributed by atoms with van der Waals surface area (Å²) in [7, 11) is 0. The van der Waals surface area contributed by atoms with Crippen molar-refractivity contribution in [1.82, 2.24) is 14.7 Å². The molecule has 1 saturated heterocycles. The second-order valence-corrected chi connectivity index (χ2v) is 7.83. The third kappa shape index (κ3) is 3.49. The molecule has 4 rings (SSSR count). The van der Waals surface area contributed by atoms with Crippen molar-refractivity contribution in [2.45, 2.75) is 12.5 Å². The van der Waals surface area contributed by atoms with Gasteiger partial charge in [0.2, 0.25) is 0 Å². The van der Waals surface area contributed by atoms with Crippen molar-refractivity contribution < 1.29 is 9.13 Å². The Kier molecular flexibility index (Phi) is 5.21. The number of imidazole rings is 1. The Morgan fingerprint density at radius 2 is 2.19 bits per heavy atom. The van der Waals surface area contributed by atoms with Crippen molar-refractivity contribution in [3.05, 3.63) is 56.5 Å². The summed E-state index contributed by atoms with van der Waals surface area (Å²) in [6.07, 6.45) is 2.50. The predicted octanol–water partition coefficient (Wildman–Crippen LogP) is 4.74. The van der Waals surface area contributed by atoms with E-state index in [0.717, 1.165) is 18.8 Å². The van der Waals surface area contributed by atoms with E-state index >= 15 is 0 Å². The smallest absolute Gasteiger partial charge is 0.139 e. The Labute approximate surface area is 168 Å². The highest BCUT2D eigenvalue weighted by Crippen LogP contribution is 2.35. The molecule has 1 aromatic carbocycles. The van der Waals surface area contributed by atoms with Crippen LogP contribution < -0.4 is 5.32 Å². The lowest BCUT2D eigenvalue weighted by molar-refractivity contribution is 0.0286. The van der Waals surface area contributed by atoms with Crippen LogP contribution in [-0.2, 0) is 11.2 Å². The minimum Gasteiger partial charge on any atom is -0.375 e. The van der Waals surface area contributed by atoms with Gasteiger partial charge in [0.25, 0.3) is 0 Å². The minimum absolute atomic E-state index is 0.0112. The molecule has 3 heterocycles. The molecule has 1 aliphatic heterocycles. The van der Waals surface area contributed by atoms with Crippen LogP contribution in [0.5, 0.6) is 0 Å². The van der Waals surface area contributed by atoms with E-state index in [0.29, 0.717) is 44.5 Å². The van der Waals surface area contributed by atoms with Crippen molar-refractivity contribution >= 4 is 44.8 Å². The fourth-order valence-electron chi connectivity index (χ4n) is 3.15. The summed E-state index contributed by atoms with van der Waals surface area (Å²) >= 11 is 15.7. The van der Waals surface area contributed by atoms with Gasteiger partial charge in [-0.3, -0.25) is 0 Å². The van der Waals surface area contributed by atoms with Gasteiger partial charge in [0.05, 0.1) is 33.6 Å². The van der Waals surface area contributed by atoms with Crippen LogP contribution in [0.1, 0.15) is 5.69 Å². The molecule has 0 saturated carbocycles. The Bertz CT molecular complexity index is 973. The molecule has 26 heavy (non-hydrogen) atoms. The summed E-state index contributed by atoms with van der Waals surface area (Å²) in [5.74, 6) is -0.388. The molecule has 3 aromatic rings. The molecule has 2 aromatic heterocycles. The number of hydrogen-bond acceptors (Lipinski definition) is 3. The van der Waals surface area contributed by atoms with Gasteiger partial charge in [-0.05, 0) is 34.1 Å². The van der Waals surface area contributed by atoms with Crippen LogP contribution in [0.3, 0.4) is 0 Å². The molecule has 1 unspecified atom stereocenters. The monoisotopic (exact) mass is 457 g/mol. The molecular formula is C18H15BrCl2FN3O. The maximum absolute atomic E-state index is 14.2. The maximum atomic E-state index is 14.2. The van der Waals surface area contributed by atoms with E-state index in [1.165, 1.54) is 6.07 Å². The highest BCUT2D eigenvalue weighted by molar-refractivity contribution is 9.10. The summed E-state index contributed by atoms with van der Waals surface area (Å²) < 4.78 is 22.3. The molecule has 8 heteroatoms. The standard InChI is InChI=1S/C18H15BrCl2FN3O/c19-13-8-14(21)12(7-15(13)22)18-16(6-11-9-23-2-4-26-11)25-3-1-10(20)5-17(25)24-18/h1,3,5,7-8,11,23H,2,4,6,9H2. The number of rotatable bonds is 3. The Hall–Kier alpha value is -1.18. The molecule has 0 spiro atoms. The first kappa shape index (κ1) is 18.2. The first-order chi connectivity index (χ1) is 12.5. The Morgan fingerprint density at radius 3 is 2.96 bits per heavy atom. The number of fused-ring (bicyclic) bond motifs is 1. The molecule has 0 amide bonds. The van der Waals surface area contributed by atoms with Gasteiger partial charge < -0.3 is 14.5 Å². The van der Waals surface area contributed by atoms with Crippen LogP contribution in [-0.4, -0.2) is 35.2 Å². The van der Waals surface area contributed by atoms with Gasteiger partial charge in [-0.1, -0.05) is 23.2 Å². The zero-order valence-corrected chi connectivity index (χ0v) is 16.7. The number of hydrogen-bond donors (Lipinski definition) is 1. The number of halogens is 4. The second kappa shape index (κ2) is 7.44. The second-order valence-electron chi connectivity index (χ2n) is 6.13. The molecule has 0 bridgehead atoms. The van der Waals surface area contributed by atoms with E-state index in [-0.39, 0.29) is 11.9 Å². The highest BCUT2D eigenvalue weighted by Gasteiger charge is 2.23. The lowest BCUT2D eigenvalue weighted by Gasteiger charge is -2.24. The summed E-state index contributed by atoms with van der Waals surface area (Å²) in [6, 6.07) is 6.52. The van der Waals surface area contributed by atoms with Crippen molar-refractivity contribution in [3.8, 4) is 11.3 Å². The molecule has 0 radical (unpaired) electrons. The SMILES string of the molecule is Fc1cc(-c2nc3cc(Cl)ccn3c2CC2CNCCO2)c(Cl)cc1Br. The molecular weight excluding hydrogens is 444 g/mol. The van der Waals surface area contributed by atoms with E-state index in [4.69, 9.17) is 27.9 Å². The van der Waals surface area contributed by atoms with Gasteiger partial charge in [-0.25, -0.2) is 9.37 Å². The average molecular weight is 459 g/mol.